The van der Waals surface area contributed by atoms with Crippen LogP contribution in [0.5, 0.6) is 0 Å². The summed E-state index contributed by atoms with van der Waals surface area (Å²) in [6, 6.07) is 4.94. The van der Waals surface area contributed by atoms with Crippen LogP contribution in [-0.2, 0) is 4.79 Å². The summed E-state index contributed by atoms with van der Waals surface area (Å²) in [5.74, 6) is -0.276. The van der Waals surface area contributed by atoms with E-state index in [9.17, 15) is 9.59 Å². The van der Waals surface area contributed by atoms with E-state index in [2.05, 4.69) is 16.0 Å². The van der Waals surface area contributed by atoms with Crippen molar-refractivity contribution in [2.24, 2.45) is 0 Å². The maximum atomic E-state index is 11.9. The summed E-state index contributed by atoms with van der Waals surface area (Å²) < 4.78 is 0. The molecular formula is C14H19N3O2S. The molecule has 2 bridgehead atoms. The summed E-state index contributed by atoms with van der Waals surface area (Å²) in [4.78, 5) is 24.2. The second-order valence-corrected chi connectivity index (χ2v) is 6.48. The highest BCUT2D eigenvalue weighted by Gasteiger charge is 2.33. The number of amides is 2. The molecule has 1 aromatic heterocycles. The first-order valence-electron chi connectivity index (χ1n) is 7.08. The van der Waals surface area contributed by atoms with Gasteiger partial charge in [-0.15, -0.1) is 11.3 Å². The van der Waals surface area contributed by atoms with Gasteiger partial charge in [-0.3, -0.25) is 9.59 Å². The Morgan fingerprint density at radius 1 is 1.30 bits per heavy atom. The summed E-state index contributed by atoms with van der Waals surface area (Å²) in [6.45, 7) is 0.0516. The number of piperidine rings is 1. The number of fused-ring (bicyclic) bond motifs is 2. The predicted octanol–water partition coefficient (Wildman–Crippen LogP) is 0.877. The highest BCUT2D eigenvalue weighted by Crippen LogP contribution is 2.26. The zero-order valence-corrected chi connectivity index (χ0v) is 12.0. The number of thiophene rings is 1. The van der Waals surface area contributed by atoms with Gasteiger partial charge in [-0.1, -0.05) is 6.07 Å². The zero-order chi connectivity index (χ0) is 13.9. The van der Waals surface area contributed by atoms with E-state index in [-0.39, 0.29) is 24.4 Å². The third-order valence-electron chi connectivity index (χ3n) is 3.99. The van der Waals surface area contributed by atoms with Crippen molar-refractivity contribution in [1.29, 1.82) is 0 Å². The van der Waals surface area contributed by atoms with Crippen LogP contribution in [0, 0.1) is 0 Å². The molecule has 20 heavy (non-hydrogen) atoms. The molecule has 2 fully saturated rings. The first-order chi connectivity index (χ1) is 9.70. The quantitative estimate of drug-likeness (QED) is 0.772. The highest BCUT2D eigenvalue weighted by molar-refractivity contribution is 7.12. The monoisotopic (exact) mass is 293 g/mol. The van der Waals surface area contributed by atoms with Crippen LogP contribution in [0.15, 0.2) is 17.5 Å². The minimum atomic E-state index is -0.180. The van der Waals surface area contributed by atoms with Crippen LogP contribution in [0.25, 0.3) is 0 Å². The van der Waals surface area contributed by atoms with E-state index < -0.39 is 0 Å². The third kappa shape index (κ3) is 3.19. The van der Waals surface area contributed by atoms with Crippen molar-refractivity contribution >= 4 is 23.2 Å². The number of hydrogen-bond donors (Lipinski definition) is 3. The standard InChI is InChI=1S/C14H19N3O2S/c18-13(8-15-14(19)12-2-1-5-20-12)17-11-6-9-3-4-10(7-11)16-9/h1-2,5,9-11,16H,3-4,6-8H2,(H,15,19)(H,17,18). The molecule has 2 aliphatic heterocycles. The third-order valence-corrected chi connectivity index (χ3v) is 4.86. The fraction of sp³-hybridized carbons (Fsp3) is 0.571. The molecule has 5 nitrogen and oxygen atoms in total. The van der Waals surface area contributed by atoms with Gasteiger partial charge in [0.25, 0.3) is 5.91 Å². The van der Waals surface area contributed by atoms with Gasteiger partial charge in [0.05, 0.1) is 11.4 Å². The number of carbonyl (C=O) groups is 2. The van der Waals surface area contributed by atoms with E-state index in [0.29, 0.717) is 17.0 Å². The van der Waals surface area contributed by atoms with E-state index in [4.69, 9.17) is 0 Å². The maximum absolute atomic E-state index is 11.9. The largest absolute Gasteiger partial charge is 0.352 e. The number of carbonyl (C=O) groups excluding carboxylic acids is 2. The summed E-state index contributed by atoms with van der Waals surface area (Å²) in [6.07, 6.45) is 4.43. The second kappa shape index (κ2) is 5.93. The van der Waals surface area contributed by atoms with Crippen LogP contribution in [0.4, 0.5) is 0 Å². The number of hydrogen-bond acceptors (Lipinski definition) is 4. The summed E-state index contributed by atoms with van der Waals surface area (Å²) in [5.41, 5.74) is 0. The fourth-order valence-corrected chi connectivity index (χ4v) is 3.75. The molecule has 108 valence electrons. The molecule has 3 heterocycles. The molecular weight excluding hydrogens is 274 g/mol. The fourth-order valence-electron chi connectivity index (χ4n) is 3.11. The first kappa shape index (κ1) is 13.6. The van der Waals surface area contributed by atoms with Crippen molar-refractivity contribution in [3.05, 3.63) is 22.4 Å². The molecule has 0 radical (unpaired) electrons. The van der Waals surface area contributed by atoms with Gasteiger partial charge in [-0.25, -0.2) is 0 Å². The SMILES string of the molecule is O=C(CNC(=O)c1cccs1)NC1CC2CCC(C1)N2. The van der Waals surface area contributed by atoms with Gasteiger partial charge in [0, 0.05) is 18.1 Å². The van der Waals surface area contributed by atoms with Crippen LogP contribution >= 0.6 is 11.3 Å². The van der Waals surface area contributed by atoms with E-state index in [1.807, 2.05) is 11.4 Å². The average Bonchev–Trinajstić information content (AvgIpc) is 3.06. The molecule has 6 heteroatoms. The Morgan fingerprint density at radius 3 is 2.70 bits per heavy atom. The lowest BCUT2D eigenvalue weighted by Crippen LogP contribution is -2.50. The zero-order valence-electron chi connectivity index (χ0n) is 11.2. The molecule has 0 spiro atoms. The Balaban J connectivity index is 1.42. The average molecular weight is 293 g/mol. The molecule has 2 unspecified atom stereocenters. The van der Waals surface area contributed by atoms with Crippen molar-refractivity contribution in [3.63, 3.8) is 0 Å². The van der Waals surface area contributed by atoms with Crippen LogP contribution in [0.2, 0.25) is 0 Å². The van der Waals surface area contributed by atoms with Gasteiger partial charge in [-0.2, -0.15) is 0 Å². The predicted molar refractivity (Wildman–Crippen MR) is 77.8 cm³/mol. The van der Waals surface area contributed by atoms with Crippen molar-refractivity contribution in [2.75, 3.05) is 6.54 Å². The lowest BCUT2D eigenvalue weighted by Gasteiger charge is -2.29. The van der Waals surface area contributed by atoms with E-state index in [1.165, 1.54) is 24.2 Å². The second-order valence-electron chi connectivity index (χ2n) is 5.53. The Bertz CT molecular complexity index is 477. The lowest BCUT2D eigenvalue weighted by atomic mass is 10.00. The Hall–Kier alpha value is -1.40. The molecule has 2 aliphatic rings. The molecule has 2 atom stereocenters. The summed E-state index contributed by atoms with van der Waals surface area (Å²) in [7, 11) is 0. The van der Waals surface area contributed by atoms with Crippen LogP contribution < -0.4 is 16.0 Å². The van der Waals surface area contributed by atoms with E-state index in [0.717, 1.165) is 12.8 Å². The summed E-state index contributed by atoms with van der Waals surface area (Å²) in [5, 5.41) is 11.1. The first-order valence-corrected chi connectivity index (χ1v) is 7.96. The summed E-state index contributed by atoms with van der Waals surface area (Å²) >= 11 is 1.38. The van der Waals surface area contributed by atoms with Crippen LogP contribution in [0.3, 0.4) is 0 Å². The maximum Gasteiger partial charge on any atom is 0.261 e. The van der Waals surface area contributed by atoms with Gasteiger partial charge in [0.1, 0.15) is 0 Å². The minimum Gasteiger partial charge on any atom is -0.352 e. The molecule has 2 amide bonds. The minimum absolute atomic E-state index is 0.0516. The van der Waals surface area contributed by atoms with Crippen molar-refractivity contribution in [2.45, 2.75) is 43.8 Å². The van der Waals surface area contributed by atoms with Crippen LogP contribution in [-0.4, -0.2) is 36.5 Å². The van der Waals surface area contributed by atoms with Gasteiger partial charge in [0.15, 0.2) is 0 Å². The van der Waals surface area contributed by atoms with Gasteiger partial charge < -0.3 is 16.0 Å². The smallest absolute Gasteiger partial charge is 0.261 e. The molecule has 0 aliphatic carbocycles. The van der Waals surface area contributed by atoms with E-state index in [1.54, 1.807) is 6.07 Å². The topological polar surface area (TPSA) is 70.2 Å². The Labute approximate surface area is 122 Å². The molecule has 3 N–H and O–H groups in total. The molecule has 1 aromatic rings. The van der Waals surface area contributed by atoms with Gasteiger partial charge in [0.2, 0.25) is 5.91 Å². The van der Waals surface area contributed by atoms with Crippen LogP contribution in [0.1, 0.15) is 35.4 Å². The molecule has 0 aromatic carbocycles. The van der Waals surface area contributed by atoms with E-state index >= 15 is 0 Å². The number of rotatable bonds is 4. The van der Waals surface area contributed by atoms with Crippen molar-refractivity contribution < 1.29 is 9.59 Å². The Morgan fingerprint density at radius 2 is 2.05 bits per heavy atom. The molecule has 0 saturated carbocycles. The van der Waals surface area contributed by atoms with Gasteiger partial charge in [-0.05, 0) is 37.1 Å². The molecule has 3 rings (SSSR count). The number of nitrogens with one attached hydrogen (secondary N) is 3. The molecule has 2 saturated heterocycles. The Kier molecular flexibility index (Phi) is 4.03. The van der Waals surface area contributed by atoms with Crippen molar-refractivity contribution in [1.82, 2.24) is 16.0 Å². The highest BCUT2D eigenvalue weighted by atomic mass is 32.1. The normalized spacial score (nSPS) is 28.1. The lowest BCUT2D eigenvalue weighted by molar-refractivity contribution is -0.121. The van der Waals surface area contributed by atoms with Crippen molar-refractivity contribution in [3.8, 4) is 0 Å². The van der Waals surface area contributed by atoms with Gasteiger partial charge >= 0.3 is 0 Å².